The van der Waals surface area contributed by atoms with Gasteiger partial charge in [0, 0.05) is 6.07 Å². The van der Waals surface area contributed by atoms with E-state index in [1.165, 1.54) is 12.1 Å². The number of halogens is 1. The lowest BCUT2D eigenvalue weighted by atomic mass is 10.2. The molecule has 0 saturated heterocycles. The Morgan fingerprint density at radius 3 is 2.33 bits per heavy atom. The molecule has 0 aliphatic rings. The second kappa shape index (κ2) is 5.41. The Kier molecular flexibility index (Phi) is 4.84. The Morgan fingerprint density at radius 2 is 1.92 bits per heavy atom. The van der Waals surface area contributed by atoms with Crippen LogP contribution in [0.4, 0.5) is 10.1 Å². The van der Waals surface area contributed by atoms with E-state index < -0.39 is 5.82 Å². The molecule has 0 aliphatic carbocycles. The molecule has 0 fully saturated rings. The summed E-state index contributed by atoms with van der Waals surface area (Å²) in [7, 11) is 0. The molecule has 2 nitrogen and oxygen atoms in total. The topological polar surface area (TPSA) is 29.4 Å². The molecular formula is C9H12FNO. The summed E-state index contributed by atoms with van der Waals surface area (Å²) in [6.07, 6.45) is 0. The monoisotopic (exact) mass is 169 g/mol. The largest absolute Gasteiger partial charge is 0.207 e. The van der Waals surface area contributed by atoms with Gasteiger partial charge in [0.2, 0.25) is 0 Å². The molecule has 0 heterocycles. The number of nitrogens with zero attached hydrogens (tertiary/aromatic N) is 1. The van der Waals surface area contributed by atoms with Crippen LogP contribution in [-0.4, -0.2) is 0 Å². The molecule has 0 atom stereocenters. The van der Waals surface area contributed by atoms with Crippen molar-refractivity contribution < 1.29 is 4.39 Å². The first-order chi connectivity index (χ1) is 5.74. The van der Waals surface area contributed by atoms with Gasteiger partial charge in [-0.2, -0.15) is 0 Å². The van der Waals surface area contributed by atoms with Crippen LogP contribution in [0.1, 0.15) is 19.4 Å². The second-order valence-electron chi connectivity index (χ2n) is 2.02. The molecule has 0 amide bonds. The van der Waals surface area contributed by atoms with Crippen molar-refractivity contribution in [2.45, 2.75) is 20.8 Å². The van der Waals surface area contributed by atoms with Crippen LogP contribution in [0.2, 0.25) is 0 Å². The van der Waals surface area contributed by atoms with E-state index in [0.29, 0.717) is 5.56 Å². The molecule has 0 spiro atoms. The van der Waals surface area contributed by atoms with E-state index in [-0.39, 0.29) is 5.69 Å². The van der Waals surface area contributed by atoms with Crippen molar-refractivity contribution in [3.8, 4) is 0 Å². The highest BCUT2D eigenvalue weighted by Gasteiger charge is 1.97. The average molecular weight is 169 g/mol. The van der Waals surface area contributed by atoms with Crippen LogP contribution in [-0.2, 0) is 0 Å². The number of rotatable bonds is 1. The highest BCUT2D eigenvalue weighted by molar-refractivity contribution is 5.38. The van der Waals surface area contributed by atoms with E-state index >= 15 is 0 Å². The Balaban J connectivity index is 0.000000561. The maximum Gasteiger partial charge on any atom is 0.128 e. The molecule has 1 aromatic rings. The number of benzene rings is 1. The maximum atomic E-state index is 12.6. The lowest BCUT2D eigenvalue weighted by Gasteiger charge is -1.93. The molecule has 1 aromatic carbocycles. The number of hydrogen-bond donors (Lipinski definition) is 0. The summed E-state index contributed by atoms with van der Waals surface area (Å²) in [5.41, 5.74) is 0.649. The summed E-state index contributed by atoms with van der Waals surface area (Å²) in [4.78, 5) is 9.85. The van der Waals surface area contributed by atoms with Crippen LogP contribution in [0.3, 0.4) is 0 Å². The third-order valence-corrected chi connectivity index (χ3v) is 1.26. The zero-order chi connectivity index (χ0) is 9.56. The molecule has 0 aliphatic heterocycles. The molecule has 0 radical (unpaired) electrons. The molecule has 12 heavy (non-hydrogen) atoms. The first-order valence-electron chi connectivity index (χ1n) is 3.83. The Morgan fingerprint density at radius 1 is 1.33 bits per heavy atom. The second-order valence-corrected chi connectivity index (χ2v) is 2.02. The SMILES string of the molecule is CC.Cc1ccc(N=O)cc1F. The van der Waals surface area contributed by atoms with Crippen molar-refractivity contribution in [3.63, 3.8) is 0 Å². The van der Waals surface area contributed by atoms with Crippen LogP contribution in [0.25, 0.3) is 0 Å². The van der Waals surface area contributed by atoms with Gasteiger partial charge >= 0.3 is 0 Å². The number of nitroso groups, excluding NO2 is 1. The molecule has 0 saturated carbocycles. The first kappa shape index (κ1) is 10.8. The molecule has 3 heteroatoms. The lowest BCUT2D eigenvalue weighted by molar-refractivity contribution is 0.619. The third kappa shape index (κ3) is 2.78. The highest BCUT2D eigenvalue weighted by atomic mass is 19.1. The van der Waals surface area contributed by atoms with Crippen LogP contribution in [0, 0.1) is 17.6 Å². The Hall–Kier alpha value is -1.25. The Labute approximate surface area is 71.4 Å². The minimum atomic E-state index is -0.392. The van der Waals surface area contributed by atoms with Crippen molar-refractivity contribution in [2.75, 3.05) is 0 Å². The summed E-state index contributed by atoms with van der Waals surface area (Å²) in [5, 5.41) is 2.58. The van der Waals surface area contributed by atoms with Gasteiger partial charge < -0.3 is 0 Å². The quantitative estimate of drug-likeness (QED) is 0.591. The zero-order valence-corrected chi connectivity index (χ0v) is 7.47. The molecular weight excluding hydrogens is 157 g/mol. The molecule has 0 unspecified atom stereocenters. The average Bonchev–Trinajstić information content (AvgIpc) is 2.13. The summed E-state index contributed by atoms with van der Waals surface area (Å²) in [6.45, 7) is 5.63. The van der Waals surface area contributed by atoms with E-state index in [4.69, 9.17) is 0 Å². The van der Waals surface area contributed by atoms with Crippen molar-refractivity contribution in [1.82, 2.24) is 0 Å². The summed E-state index contributed by atoms with van der Waals surface area (Å²) in [5.74, 6) is -0.392. The van der Waals surface area contributed by atoms with Gasteiger partial charge in [-0.3, -0.25) is 0 Å². The molecule has 0 bridgehead atoms. The smallest absolute Gasteiger partial charge is 0.128 e. The fraction of sp³-hybridized carbons (Fsp3) is 0.333. The molecule has 0 aromatic heterocycles. The van der Waals surface area contributed by atoms with Crippen molar-refractivity contribution in [3.05, 3.63) is 34.5 Å². The van der Waals surface area contributed by atoms with Crippen LogP contribution in [0.5, 0.6) is 0 Å². The van der Waals surface area contributed by atoms with E-state index in [0.717, 1.165) is 6.07 Å². The van der Waals surface area contributed by atoms with Gasteiger partial charge in [0.15, 0.2) is 0 Å². The standard InChI is InChI=1S/C7H6FNO.C2H6/c1-5-2-3-6(9-10)4-7(5)8;1-2/h2-4H,1H3;1-2H3. The molecule has 1 rings (SSSR count). The van der Waals surface area contributed by atoms with E-state index in [2.05, 4.69) is 5.18 Å². The first-order valence-corrected chi connectivity index (χ1v) is 3.83. The van der Waals surface area contributed by atoms with Crippen LogP contribution >= 0.6 is 0 Å². The van der Waals surface area contributed by atoms with Crippen molar-refractivity contribution in [2.24, 2.45) is 5.18 Å². The minimum Gasteiger partial charge on any atom is -0.207 e. The molecule has 66 valence electrons. The fourth-order valence-corrected chi connectivity index (χ4v) is 0.639. The molecule has 0 N–H and O–H groups in total. The van der Waals surface area contributed by atoms with Gasteiger partial charge in [-0.15, -0.1) is 4.91 Å². The highest BCUT2D eigenvalue weighted by Crippen LogP contribution is 2.15. The van der Waals surface area contributed by atoms with Gasteiger partial charge in [0.1, 0.15) is 11.5 Å². The van der Waals surface area contributed by atoms with E-state index in [1.807, 2.05) is 13.8 Å². The van der Waals surface area contributed by atoms with Crippen LogP contribution in [0.15, 0.2) is 23.4 Å². The predicted octanol–water partition coefficient (Wildman–Crippen LogP) is 3.56. The van der Waals surface area contributed by atoms with Gasteiger partial charge in [-0.25, -0.2) is 4.39 Å². The summed E-state index contributed by atoms with van der Waals surface area (Å²) < 4.78 is 12.6. The van der Waals surface area contributed by atoms with Crippen molar-refractivity contribution >= 4 is 5.69 Å². The Bertz CT molecular complexity index is 261. The minimum absolute atomic E-state index is 0.128. The predicted molar refractivity (Wildman–Crippen MR) is 47.9 cm³/mol. The van der Waals surface area contributed by atoms with Gasteiger partial charge in [-0.1, -0.05) is 19.9 Å². The van der Waals surface area contributed by atoms with Gasteiger partial charge in [0.05, 0.1) is 0 Å². The van der Waals surface area contributed by atoms with Gasteiger partial charge in [-0.05, 0) is 23.7 Å². The van der Waals surface area contributed by atoms with E-state index in [9.17, 15) is 9.30 Å². The van der Waals surface area contributed by atoms with Crippen LogP contribution < -0.4 is 0 Å². The normalized spacial score (nSPS) is 8.33. The summed E-state index contributed by atoms with van der Waals surface area (Å²) >= 11 is 0. The fourth-order valence-electron chi connectivity index (χ4n) is 0.639. The summed E-state index contributed by atoms with van der Waals surface area (Å²) in [6, 6.07) is 4.11. The number of hydrogen-bond acceptors (Lipinski definition) is 2. The third-order valence-electron chi connectivity index (χ3n) is 1.26. The number of aryl methyl sites for hydroxylation is 1. The van der Waals surface area contributed by atoms with E-state index in [1.54, 1.807) is 6.92 Å². The zero-order valence-electron chi connectivity index (χ0n) is 7.47. The lowest BCUT2D eigenvalue weighted by Crippen LogP contribution is -1.78. The van der Waals surface area contributed by atoms with Crippen molar-refractivity contribution in [1.29, 1.82) is 0 Å². The maximum absolute atomic E-state index is 12.6. The van der Waals surface area contributed by atoms with Gasteiger partial charge in [0.25, 0.3) is 0 Å².